The van der Waals surface area contributed by atoms with Crippen molar-refractivity contribution in [1.29, 1.82) is 0 Å². The van der Waals surface area contributed by atoms with Crippen LogP contribution in [0.5, 0.6) is 11.5 Å². The van der Waals surface area contributed by atoms with Crippen LogP contribution in [0.2, 0.25) is 5.02 Å². The molecule has 0 saturated heterocycles. The number of alkyl halides is 1. The Morgan fingerprint density at radius 2 is 1.68 bits per heavy atom. The number of anilines is 1. The zero-order chi connectivity index (χ0) is 42.0. The van der Waals surface area contributed by atoms with Crippen molar-refractivity contribution >= 4 is 62.6 Å². The smallest absolute Gasteiger partial charge is 0.352 e. The topological polar surface area (TPSA) is 117 Å². The number of carboxylic acid groups (broad SMARTS) is 1. The van der Waals surface area contributed by atoms with Gasteiger partial charge >= 0.3 is 5.97 Å². The summed E-state index contributed by atoms with van der Waals surface area (Å²) in [6, 6.07) is 20.4. The molecule has 8 rings (SSSR count). The molecule has 1 aliphatic rings. The van der Waals surface area contributed by atoms with Crippen LogP contribution in [0.4, 0.5) is 5.69 Å². The lowest BCUT2D eigenvalue weighted by atomic mass is 9.98. The largest absolute Gasteiger partial charge is 0.497 e. The van der Waals surface area contributed by atoms with Gasteiger partial charge in [0.1, 0.15) is 28.4 Å². The van der Waals surface area contributed by atoms with Crippen molar-refractivity contribution in [3.63, 3.8) is 0 Å². The van der Waals surface area contributed by atoms with Crippen LogP contribution in [0.3, 0.4) is 0 Å². The van der Waals surface area contributed by atoms with Crippen molar-refractivity contribution in [2.75, 3.05) is 18.6 Å². The van der Waals surface area contributed by atoms with Crippen molar-refractivity contribution in [3.05, 3.63) is 123 Å². The quantitative estimate of drug-likeness (QED) is 0.0784. The second-order valence-electron chi connectivity index (χ2n) is 15.5. The molecule has 0 spiro atoms. The first-order valence-electron chi connectivity index (χ1n) is 19.6. The molecule has 3 aromatic carbocycles. The standard InChI is InChI=1S/C46H46Cl2N6O5/c1-24-18-33(19-25(2)40(24)47)59-17-11-16-35-34-14-10-15-36(39-27(4)50-51(7)28(39)5)42(34)53-29(6)44(48)54(45(55)43(35)53)37-22-32(58-8)20-30-21-38(46(56)57)52(41(30)37)23-31-13-9-12-26(3)49-31/h9-10,12-15,18-22,29,44H,11,16-17,23H2,1-8H3,(H,56,57). The minimum Gasteiger partial charge on any atom is -0.497 e. The minimum absolute atomic E-state index is 0.0502. The van der Waals surface area contributed by atoms with Crippen molar-refractivity contribution in [1.82, 2.24) is 23.9 Å². The van der Waals surface area contributed by atoms with E-state index in [-0.39, 0.29) is 18.1 Å². The van der Waals surface area contributed by atoms with Crippen molar-refractivity contribution < 1.29 is 24.2 Å². The van der Waals surface area contributed by atoms with E-state index in [1.54, 1.807) is 34.8 Å². The molecule has 1 aliphatic heterocycles. The second-order valence-corrected chi connectivity index (χ2v) is 16.3. The first kappa shape index (κ1) is 40.0. The molecule has 13 heteroatoms. The predicted molar refractivity (Wildman–Crippen MR) is 233 cm³/mol. The lowest BCUT2D eigenvalue weighted by Gasteiger charge is -2.39. The van der Waals surface area contributed by atoms with Gasteiger partial charge in [-0.3, -0.25) is 19.4 Å². The van der Waals surface area contributed by atoms with Crippen LogP contribution >= 0.6 is 23.2 Å². The van der Waals surface area contributed by atoms with Crippen LogP contribution in [0.15, 0.2) is 66.7 Å². The van der Waals surface area contributed by atoms with Gasteiger partial charge in [0, 0.05) is 51.4 Å². The number of methoxy groups -OCH3 is 1. The number of aryl methyl sites for hydroxylation is 6. The van der Waals surface area contributed by atoms with E-state index < -0.39 is 17.5 Å². The van der Waals surface area contributed by atoms with Crippen molar-refractivity contribution in [2.24, 2.45) is 7.05 Å². The molecule has 0 aliphatic carbocycles. The summed E-state index contributed by atoms with van der Waals surface area (Å²) in [5, 5.41) is 17.5. The SMILES string of the molecule is COc1cc(N2C(=O)c3c(CCCOc4cc(C)c(Cl)c(C)c4)c4cccc(-c5c(C)nn(C)c5C)c4n3C(C)C2Cl)c2c(c1)cc(C(=O)O)n2Cc1cccc(C)n1. The Kier molecular flexibility index (Phi) is 10.5. The van der Waals surface area contributed by atoms with E-state index in [0.29, 0.717) is 53.2 Å². The Morgan fingerprint density at radius 3 is 2.34 bits per heavy atom. The fourth-order valence-corrected chi connectivity index (χ4v) is 9.20. The summed E-state index contributed by atoms with van der Waals surface area (Å²) in [6.45, 7) is 12.5. The van der Waals surface area contributed by atoms with E-state index in [1.807, 2.05) is 89.7 Å². The van der Waals surface area contributed by atoms with Crippen molar-refractivity contribution in [2.45, 2.75) is 72.5 Å². The molecular weight excluding hydrogens is 787 g/mol. The average molecular weight is 834 g/mol. The Labute approximate surface area is 352 Å². The molecule has 4 aromatic heterocycles. The van der Waals surface area contributed by atoms with Crippen molar-refractivity contribution in [3.8, 4) is 22.6 Å². The normalized spacial score (nSPS) is 15.4. The molecule has 0 saturated carbocycles. The van der Waals surface area contributed by atoms with Gasteiger partial charge in [0.15, 0.2) is 0 Å². The number of carbonyl (C=O) groups excluding carboxylic acids is 1. The Balaban J connectivity index is 1.31. The number of nitrogens with zero attached hydrogens (tertiary/aromatic N) is 6. The van der Waals surface area contributed by atoms with Gasteiger partial charge in [0.25, 0.3) is 5.91 Å². The third-order valence-corrected chi connectivity index (χ3v) is 12.7. The van der Waals surface area contributed by atoms with E-state index in [1.165, 1.54) is 0 Å². The molecule has 1 amide bonds. The highest BCUT2D eigenvalue weighted by atomic mass is 35.5. The van der Waals surface area contributed by atoms with E-state index in [0.717, 1.165) is 66.6 Å². The number of ether oxygens (including phenoxy) is 2. The molecule has 5 heterocycles. The number of fused-ring (bicyclic) bond motifs is 4. The van der Waals surface area contributed by atoms with Crippen LogP contribution in [0.25, 0.3) is 32.9 Å². The number of carboxylic acids is 1. The minimum atomic E-state index is -1.11. The number of hydrogen-bond acceptors (Lipinski definition) is 6. The summed E-state index contributed by atoms with van der Waals surface area (Å²) in [5.74, 6) is -0.217. The average Bonchev–Trinajstić information content (AvgIpc) is 3.82. The summed E-state index contributed by atoms with van der Waals surface area (Å²) >= 11 is 14.0. The zero-order valence-electron chi connectivity index (χ0n) is 34.4. The van der Waals surface area contributed by atoms with E-state index in [4.69, 9.17) is 37.8 Å². The number of benzene rings is 3. The summed E-state index contributed by atoms with van der Waals surface area (Å²) in [5.41, 5.74) is 9.67. The Bertz CT molecular complexity index is 2810. The van der Waals surface area contributed by atoms with Gasteiger partial charge in [-0.15, -0.1) is 0 Å². The first-order chi connectivity index (χ1) is 28.2. The van der Waals surface area contributed by atoms with E-state index >= 15 is 4.79 Å². The van der Waals surface area contributed by atoms with Gasteiger partial charge in [-0.05, 0) is 107 Å². The number of rotatable bonds is 11. The lowest BCUT2D eigenvalue weighted by molar-refractivity contribution is 0.0686. The molecule has 2 atom stereocenters. The molecule has 0 fully saturated rings. The van der Waals surface area contributed by atoms with Gasteiger partial charge in [0.2, 0.25) is 0 Å². The third kappa shape index (κ3) is 6.79. The number of amides is 1. The number of halogens is 2. The number of para-hydroxylation sites is 1. The van der Waals surface area contributed by atoms with Crippen LogP contribution in [0, 0.1) is 34.6 Å². The highest BCUT2D eigenvalue weighted by Gasteiger charge is 2.43. The fourth-order valence-electron chi connectivity index (χ4n) is 8.78. The first-order valence-corrected chi connectivity index (χ1v) is 20.4. The van der Waals surface area contributed by atoms with Gasteiger partial charge in [0.05, 0.1) is 54.4 Å². The number of hydrogen-bond donors (Lipinski definition) is 1. The molecular formula is C46H46Cl2N6O5. The van der Waals surface area contributed by atoms with Gasteiger partial charge in [-0.25, -0.2) is 4.79 Å². The maximum absolute atomic E-state index is 15.6. The summed E-state index contributed by atoms with van der Waals surface area (Å²) in [7, 11) is 3.48. The van der Waals surface area contributed by atoms with Gasteiger partial charge in [-0.2, -0.15) is 5.10 Å². The third-order valence-electron chi connectivity index (χ3n) is 11.6. The summed E-state index contributed by atoms with van der Waals surface area (Å²) in [4.78, 5) is 34.7. The van der Waals surface area contributed by atoms with Crippen LogP contribution < -0.4 is 14.4 Å². The number of carbonyl (C=O) groups is 2. The van der Waals surface area contributed by atoms with E-state index in [2.05, 4.69) is 21.7 Å². The second kappa shape index (κ2) is 15.4. The number of pyridine rings is 1. The van der Waals surface area contributed by atoms with Crippen LogP contribution in [0.1, 0.15) is 79.8 Å². The molecule has 59 heavy (non-hydrogen) atoms. The monoisotopic (exact) mass is 832 g/mol. The number of aromatic carboxylic acids is 1. The molecule has 7 aromatic rings. The van der Waals surface area contributed by atoms with Crippen LogP contribution in [-0.2, 0) is 20.0 Å². The molecule has 11 nitrogen and oxygen atoms in total. The molecule has 2 unspecified atom stereocenters. The van der Waals surface area contributed by atoms with E-state index in [9.17, 15) is 9.90 Å². The maximum atomic E-state index is 15.6. The maximum Gasteiger partial charge on any atom is 0.352 e. The number of aromatic nitrogens is 5. The highest BCUT2D eigenvalue weighted by Crippen LogP contribution is 2.47. The van der Waals surface area contributed by atoms with Gasteiger partial charge < -0.3 is 23.7 Å². The Morgan fingerprint density at radius 1 is 0.949 bits per heavy atom. The molecule has 304 valence electrons. The Hall–Kier alpha value is -5.78. The molecule has 1 N–H and O–H groups in total. The molecule has 0 bridgehead atoms. The summed E-state index contributed by atoms with van der Waals surface area (Å²) < 4.78 is 17.7. The molecule has 0 radical (unpaired) electrons. The fraction of sp³-hybridized carbons (Fsp3) is 0.304. The zero-order valence-corrected chi connectivity index (χ0v) is 35.9. The highest BCUT2D eigenvalue weighted by molar-refractivity contribution is 6.32. The lowest BCUT2D eigenvalue weighted by Crippen LogP contribution is -2.48. The van der Waals surface area contributed by atoms with Crippen LogP contribution in [-0.4, -0.2) is 60.1 Å². The predicted octanol–water partition coefficient (Wildman–Crippen LogP) is 10.1. The van der Waals surface area contributed by atoms with Gasteiger partial charge in [-0.1, -0.05) is 47.5 Å². The summed E-state index contributed by atoms with van der Waals surface area (Å²) in [6.07, 6.45) is 1.15.